The molecule has 188 valence electrons. The number of carbonyl (C=O) groups is 1. The number of anilines is 1. The lowest BCUT2D eigenvalue weighted by Crippen LogP contribution is -2.36. The third kappa shape index (κ3) is 4.54. The first-order valence-electron chi connectivity index (χ1n) is 12.4. The van der Waals surface area contributed by atoms with Crippen molar-refractivity contribution >= 4 is 44.6 Å². The molecule has 4 aromatic heterocycles. The number of carbonyl (C=O) groups excluding carboxylic acids is 1. The highest BCUT2D eigenvalue weighted by molar-refractivity contribution is 6.00. The number of fused-ring (bicyclic) bond motifs is 3. The van der Waals surface area contributed by atoms with Crippen LogP contribution in [0.4, 0.5) is 10.5 Å². The normalized spacial score (nSPS) is 11.8. The van der Waals surface area contributed by atoms with Crippen molar-refractivity contribution < 1.29 is 13.9 Å². The number of nitrogens with zero attached hydrogens (tertiary/aromatic N) is 4. The molecule has 0 aliphatic heterocycles. The number of amides is 1. The van der Waals surface area contributed by atoms with Gasteiger partial charge in [0.2, 0.25) is 0 Å². The van der Waals surface area contributed by atoms with Crippen LogP contribution in [0.5, 0.6) is 0 Å². The lowest BCUT2D eigenvalue weighted by molar-refractivity contribution is 0.0578. The number of benzene rings is 2. The van der Waals surface area contributed by atoms with Gasteiger partial charge in [0, 0.05) is 46.5 Å². The molecule has 2 aromatic carbocycles. The first-order valence-corrected chi connectivity index (χ1v) is 12.4. The number of aromatic nitrogens is 3. The number of furan rings is 1. The Bertz CT molecular complexity index is 1760. The molecule has 0 N–H and O–H groups in total. The predicted octanol–water partition coefficient (Wildman–Crippen LogP) is 7.53. The van der Waals surface area contributed by atoms with E-state index < -0.39 is 11.7 Å². The lowest BCUT2D eigenvalue weighted by Gasteiger charge is -2.28. The summed E-state index contributed by atoms with van der Waals surface area (Å²) in [5, 5.41) is 3.77. The summed E-state index contributed by atoms with van der Waals surface area (Å²) in [7, 11) is 0. The van der Waals surface area contributed by atoms with Crippen molar-refractivity contribution in [2.45, 2.75) is 32.9 Å². The molecule has 38 heavy (non-hydrogen) atoms. The molecule has 0 radical (unpaired) electrons. The second-order valence-electron chi connectivity index (χ2n) is 10.2. The van der Waals surface area contributed by atoms with Gasteiger partial charge in [0.1, 0.15) is 16.9 Å². The maximum atomic E-state index is 13.5. The fourth-order valence-electron chi connectivity index (χ4n) is 4.57. The van der Waals surface area contributed by atoms with Crippen LogP contribution in [0.15, 0.2) is 95.9 Å². The van der Waals surface area contributed by atoms with E-state index in [1.807, 2.05) is 93.8 Å². The summed E-state index contributed by atoms with van der Waals surface area (Å²) in [4.78, 5) is 28.3. The molecule has 0 saturated heterocycles. The summed E-state index contributed by atoms with van der Waals surface area (Å²) in [6.45, 7) is 5.87. The molecule has 0 spiro atoms. The van der Waals surface area contributed by atoms with E-state index in [1.165, 1.54) is 0 Å². The number of rotatable bonds is 4. The molecular formula is C31H26N4O3. The van der Waals surface area contributed by atoms with E-state index in [9.17, 15) is 4.79 Å². The van der Waals surface area contributed by atoms with Crippen molar-refractivity contribution in [2.24, 2.45) is 0 Å². The molecule has 0 fully saturated rings. The van der Waals surface area contributed by atoms with E-state index in [1.54, 1.807) is 17.3 Å². The largest absolute Gasteiger partial charge is 0.456 e. The van der Waals surface area contributed by atoms with Gasteiger partial charge in [-0.2, -0.15) is 0 Å². The number of ether oxygens (including phenoxy) is 1. The van der Waals surface area contributed by atoms with E-state index in [2.05, 4.69) is 21.0 Å². The van der Waals surface area contributed by atoms with Gasteiger partial charge in [0.25, 0.3) is 0 Å². The van der Waals surface area contributed by atoms with Crippen LogP contribution in [-0.2, 0) is 11.3 Å². The number of hydrogen-bond acceptors (Lipinski definition) is 6. The van der Waals surface area contributed by atoms with Crippen LogP contribution in [-0.4, -0.2) is 26.6 Å². The quantitative estimate of drug-likeness (QED) is 0.248. The van der Waals surface area contributed by atoms with Crippen LogP contribution in [0.1, 0.15) is 26.3 Å². The van der Waals surface area contributed by atoms with Crippen LogP contribution in [0, 0.1) is 0 Å². The summed E-state index contributed by atoms with van der Waals surface area (Å²) < 4.78 is 12.0. The number of para-hydroxylation sites is 1. The molecule has 7 nitrogen and oxygen atoms in total. The Hall–Kier alpha value is -4.78. The second kappa shape index (κ2) is 9.27. The van der Waals surface area contributed by atoms with Gasteiger partial charge in [0.05, 0.1) is 12.2 Å². The summed E-state index contributed by atoms with van der Waals surface area (Å²) in [6, 6.07) is 21.6. The molecular weight excluding hydrogens is 476 g/mol. The third-order valence-corrected chi connectivity index (χ3v) is 6.25. The van der Waals surface area contributed by atoms with Crippen molar-refractivity contribution in [3.63, 3.8) is 0 Å². The zero-order chi connectivity index (χ0) is 26.3. The lowest BCUT2D eigenvalue weighted by atomic mass is 10.0. The van der Waals surface area contributed by atoms with Gasteiger partial charge < -0.3 is 9.15 Å². The van der Waals surface area contributed by atoms with Crippen molar-refractivity contribution in [3.8, 4) is 11.3 Å². The first kappa shape index (κ1) is 23.6. The number of pyridine rings is 3. The second-order valence-corrected chi connectivity index (χ2v) is 10.2. The minimum absolute atomic E-state index is 0.292. The van der Waals surface area contributed by atoms with E-state index in [0.717, 1.165) is 44.0 Å². The topological polar surface area (TPSA) is 81.4 Å². The minimum atomic E-state index is -0.653. The van der Waals surface area contributed by atoms with Crippen LogP contribution in [0.2, 0.25) is 0 Å². The van der Waals surface area contributed by atoms with Gasteiger partial charge in [-0.05, 0) is 68.1 Å². The molecule has 6 rings (SSSR count). The third-order valence-electron chi connectivity index (χ3n) is 6.25. The van der Waals surface area contributed by atoms with Gasteiger partial charge in [-0.15, -0.1) is 0 Å². The fourth-order valence-corrected chi connectivity index (χ4v) is 4.57. The first-order chi connectivity index (χ1) is 18.4. The molecule has 0 aliphatic carbocycles. The Balaban J connectivity index is 1.45. The molecule has 7 heteroatoms. The predicted molar refractivity (Wildman–Crippen MR) is 149 cm³/mol. The Morgan fingerprint density at radius 1 is 0.895 bits per heavy atom. The summed E-state index contributed by atoms with van der Waals surface area (Å²) in [5.74, 6) is 0.747. The van der Waals surface area contributed by atoms with Crippen LogP contribution >= 0.6 is 0 Å². The van der Waals surface area contributed by atoms with Crippen LogP contribution < -0.4 is 4.90 Å². The standard InChI is InChI=1S/C31H26N4O3/c1-31(2,3)38-30(36)35(26-12-14-34-29-23(26)8-6-13-33-29)19-20-10-11-22-17-32-18-25(24(22)15-20)28-16-21-7-4-5-9-27(21)37-28/h4-18H,19H2,1-3H3. The molecule has 0 atom stereocenters. The van der Waals surface area contributed by atoms with E-state index >= 15 is 0 Å². The highest BCUT2D eigenvalue weighted by atomic mass is 16.6. The van der Waals surface area contributed by atoms with Gasteiger partial charge in [0.15, 0.2) is 5.65 Å². The van der Waals surface area contributed by atoms with Gasteiger partial charge in [-0.25, -0.2) is 14.8 Å². The monoisotopic (exact) mass is 502 g/mol. The molecule has 0 unspecified atom stereocenters. The van der Waals surface area contributed by atoms with Crippen LogP contribution in [0.3, 0.4) is 0 Å². The number of hydrogen-bond donors (Lipinski definition) is 0. The summed E-state index contributed by atoms with van der Waals surface area (Å²) in [6.07, 6.45) is 6.55. The Labute approximate surface area is 219 Å². The molecule has 4 heterocycles. The zero-order valence-electron chi connectivity index (χ0n) is 21.4. The Morgan fingerprint density at radius 3 is 2.58 bits per heavy atom. The van der Waals surface area contributed by atoms with Gasteiger partial charge >= 0.3 is 6.09 Å². The average molecular weight is 503 g/mol. The van der Waals surface area contributed by atoms with Gasteiger partial charge in [-0.3, -0.25) is 9.88 Å². The molecule has 0 saturated carbocycles. The van der Waals surface area contributed by atoms with Crippen LogP contribution in [0.25, 0.3) is 44.1 Å². The highest BCUT2D eigenvalue weighted by Gasteiger charge is 2.25. The maximum absolute atomic E-state index is 13.5. The average Bonchev–Trinajstić information content (AvgIpc) is 3.34. The smallest absolute Gasteiger partial charge is 0.415 e. The van der Waals surface area contributed by atoms with E-state index in [4.69, 9.17) is 9.15 Å². The molecule has 1 amide bonds. The Morgan fingerprint density at radius 2 is 1.74 bits per heavy atom. The van der Waals surface area contributed by atoms with Gasteiger partial charge in [-0.1, -0.05) is 30.3 Å². The molecule has 0 aliphatic rings. The van der Waals surface area contributed by atoms with E-state index in [-0.39, 0.29) is 0 Å². The molecule has 0 bridgehead atoms. The molecule has 6 aromatic rings. The van der Waals surface area contributed by atoms with Crippen molar-refractivity contribution in [2.75, 3.05) is 4.90 Å². The SMILES string of the molecule is CC(C)(C)OC(=O)N(Cc1ccc2cncc(-c3cc4ccccc4o3)c2c1)c1ccnc2ncccc12. The maximum Gasteiger partial charge on any atom is 0.415 e. The van der Waals surface area contributed by atoms with Crippen molar-refractivity contribution in [3.05, 3.63) is 97.1 Å². The van der Waals surface area contributed by atoms with E-state index in [0.29, 0.717) is 17.9 Å². The van der Waals surface area contributed by atoms with Crippen molar-refractivity contribution in [1.29, 1.82) is 0 Å². The van der Waals surface area contributed by atoms with Crippen molar-refractivity contribution in [1.82, 2.24) is 15.0 Å². The summed E-state index contributed by atoms with van der Waals surface area (Å²) in [5.41, 5.74) is 3.24. The highest BCUT2D eigenvalue weighted by Crippen LogP contribution is 2.34. The summed E-state index contributed by atoms with van der Waals surface area (Å²) >= 11 is 0. The fraction of sp³-hybridized carbons (Fsp3) is 0.161. The minimum Gasteiger partial charge on any atom is -0.456 e. The zero-order valence-corrected chi connectivity index (χ0v) is 21.4. The Kier molecular flexibility index (Phi) is 5.76.